The number of H-pyrrole nitrogens is 1. The smallest absolute Gasteiger partial charge is 0.223 e. The number of rotatable bonds is 5. The van der Waals surface area contributed by atoms with Crippen LogP contribution in [0.3, 0.4) is 0 Å². The monoisotopic (exact) mass is 400 g/mol. The summed E-state index contributed by atoms with van der Waals surface area (Å²) in [5, 5.41) is 2.01. The number of aromatic amines is 1. The third-order valence-corrected chi connectivity index (χ3v) is 6.95. The Kier molecular flexibility index (Phi) is 6.01. The molecule has 1 fully saturated rings. The Morgan fingerprint density at radius 2 is 2.04 bits per heavy atom. The Bertz CT molecular complexity index is 834. The van der Waals surface area contributed by atoms with Crippen molar-refractivity contribution in [3.63, 3.8) is 0 Å². The van der Waals surface area contributed by atoms with Crippen molar-refractivity contribution in [3.05, 3.63) is 34.5 Å². The van der Waals surface area contributed by atoms with Crippen molar-refractivity contribution in [1.82, 2.24) is 9.88 Å². The van der Waals surface area contributed by atoms with Crippen LogP contribution in [-0.2, 0) is 11.2 Å². The molecular formula is C24H33ClN2O. The van der Waals surface area contributed by atoms with Gasteiger partial charge in [0, 0.05) is 34.6 Å². The van der Waals surface area contributed by atoms with Crippen LogP contribution in [-0.4, -0.2) is 22.3 Å². The summed E-state index contributed by atoms with van der Waals surface area (Å²) in [4.78, 5) is 19.0. The molecule has 28 heavy (non-hydrogen) atoms. The maximum Gasteiger partial charge on any atom is 0.223 e. The van der Waals surface area contributed by atoms with Gasteiger partial charge in [0.05, 0.1) is 6.04 Å². The van der Waals surface area contributed by atoms with E-state index in [1.165, 1.54) is 48.7 Å². The van der Waals surface area contributed by atoms with E-state index in [4.69, 9.17) is 11.6 Å². The molecule has 1 amide bonds. The molecule has 0 bridgehead atoms. The molecule has 1 aromatic carbocycles. The highest BCUT2D eigenvalue weighted by Gasteiger charge is 2.33. The summed E-state index contributed by atoms with van der Waals surface area (Å²) < 4.78 is 0. The molecule has 1 saturated carbocycles. The van der Waals surface area contributed by atoms with E-state index < -0.39 is 0 Å². The summed E-state index contributed by atoms with van der Waals surface area (Å²) in [6, 6.07) is 6.24. The van der Waals surface area contributed by atoms with Gasteiger partial charge in [-0.2, -0.15) is 0 Å². The fourth-order valence-corrected chi connectivity index (χ4v) is 5.45. The number of aromatic nitrogens is 1. The molecule has 1 atom stereocenters. The standard InChI is InChI=1S/C24H33ClN2O/c1-16(2)14-22-24-19(20-15-18(25)9-10-21(20)26-24)12-13-27(22)23(28)11-8-17-6-4-3-5-7-17/h9-10,15-17,22,26H,3-8,11-14H2,1-2H3. The SMILES string of the molecule is CC(C)CC1c2[nH]c3ccc(Cl)cc3c2CCN1C(=O)CCC1CCCCC1. The Balaban J connectivity index is 1.56. The minimum absolute atomic E-state index is 0.161. The second kappa shape index (κ2) is 8.49. The first kappa shape index (κ1) is 19.8. The van der Waals surface area contributed by atoms with Crippen molar-refractivity contribution >= 4 is 28.4 Å². The van der Waals surface area contributed by atoms with E-state index in [1.807, 2.05) is 6.07 Å². The van der Waals surface area contributed by atoms with Crippen LogP contribution in [0, 0.1) is 11.8 Å². The number of fused-ring (bicyclic) bond motifs is 3. The van der Waals surface area contributed by atoms with Crippen LogP contribution in [0.2, 0.25) is 5.02 Å². The average molecular weight is 401 g/mol. The number of nitrogens with one attached hydrogen (secondary N) is 1. The summed E-state index contributed by atoms with van der Waals surface area (Å²) in [6.45, 7) is 5.32. The fraction of sp³-hybridized carbons (Fsp3) is 0.625. The van der Waals surface area contributed by atoms with Crippen LogP contribution in [0.25, 0.3) is 10.9 Å². The molecule has 1 aliphatic carbocycles. The number of benzene rings is 1. The first-order valence-electron chi connectivity index (χ1n) is 11.1. The summed E-state index contributed by atoms with van der Waals surface area (Å²) in [5.41, 5.74) is 3.74. The van der Waals surface area contributed by atoms with Gasteiger partial charge in [-0.3, -0.25) is 4.79 Å². The zero-order valence-corrected chi connectivity index (χ0v) is 18.0. The lowest BCUT2D eigenvalue weighted by Crippen LogP contribution is -2.40. The molecule has 0 radical (unpaired) electrons. The molecule has 2 aromatic rings. The van der Waals surface area contributed by atoms with Gasteiger partial charge in [0.15, 0.2) is 0 Å². The van der Waals surface area contributed by atoms with Crippen LogP contribution in [0.4, 0.5) is 0 Å². The Labute approximate surface area is 173 Å². The topological polar surface area (TPSA) is 36.1 Å². The largest absolute Gasteiger partial charge is 0.356 e. The van der Waals surface area contributed by atoms with Crippen molar-refractivity contribution < 1.29 is 4.79 Å². The molecule has 0 saturated heterocycles. The summed E-state index contributed by atoms with van der Waals surface area (Å²) in [6.07, 6.45) is 10.4. The Morgan fingerprint density at radius 3 is 2.79 bits per heavy atom. The van der Waals surface area contributed by atoms with E-state index >= 15 is 0 Å². The van der Waals surface area contributed by atoms with Crippen LogP contribution >= 0.6 is 11.6 Å². The van der Waals surface area contributed by atoms with E-state index in [1.54, 1.807) is 0 Å². The molecule has 0 spiro atoms. The lowest BCUT2D eigenvalue weighted by Gasteiger charge is -2.37. The van der Waals surface area contributed by atoms with Gasteiger partial charge >= 0.3 is 0 Å². The minimum Gasteiger partial charge on any atom is -0.356 e. The lowest BCUT2D eigenvalue weighted by atomic mass is 9.85. The highest BCUT2D eigenvalue weighted by atomic mass is 35.5. The molecule has 1 unspecified atom stereocenters. The average Bonchev–Trinajstić information content (AvgIpc) is 3.05. The zero-order valence-electron chi connectivity index (χ0n) is 17.3. The predicted octanol–water partition coefficient (Wildman–Crippen LogP) is 6.65. The van der Waals surface area contributed by atoms with Crippen LogP contribution in [0.15, 0.2) is 18.2 Å². The van der Waals surface area contributed by atoms with Crippen LogP contribution in [0.5, 0.6) is 0 Å². The minimum atomic E-state index is 0.161. The van der Waals surface area contributed by atoms with Crippen molar-refractivity contribution in [2.24, 2.45) is 11.8 Å². The fourth-order valence-electron chi connectivity index (χ4n) is 5.28. The molecule has 2 aliphatic rings. The number of halogens is 1. The van der Waals surface area contributed by atoms with Crippen molar-refractivity contribution in [2.75, 3.05) is 6.54 Å². The number of carbonyl (C=O) groups excluding carboxylic acids is 1. The summed E-state index contributed by atoms with van der Waals surface area (Å²) in [7, 11) is 0. The number of hydrogen-bond donors (Lipinski definition) is 1. The van der Waals surface area contributed by atoms with Gasteiger partial charge in [-0.15, -0.1) is 0 Å². The molecule has 152 valence electrons. The highest BCUT2D eigenvalue weighted by Crippen LogP contribution is 2.39. The molecule has 3 nitrogen and oxygen atoms in total. The normalized spacial score (nSPS) is 20.7. The first-order valence-corrected chi connectivity index (χ1v) is 11.5. The molecule has 1 aliphatic heterocycles. The molecule has 1 N–H and O–H groups in total. The lowest BCUT2D eigenvalue weighted by molar-refractivity contribution is -0.135. The van der Waals surface area contributed by atoms with E-state index in [0.29, 0.717) is 18.2 Å². The second-order valence-corrected chi connectivity index (χ2v) is 9.67. The molecule has 4 heteroatoms. The van der Waals surface area contributed by atoms with E-state index in [9.17, 15) is 4.79 Å². The van der Waals surface area contributed by atoms with Gasteiger partial charge in [0.1, 0.15) is 0 Å². The number of nitrogens with zero attached hydrogens (tertiary/aromatic N) is 1. The van der Waals surface area contributed by atoms with E-state index in [-0.39, 0.29) is 6.04 Å². The first-order chi connectivity index (χ1) is 13.5. The van der Waals surface area contributed by atoms with Gasteiger partial charge < -0.3 is 9.88 Å². The quantitative estimate of drug-likeness (QED) is 0.598. The van der Waals surface area contributed by atoms with Crippen molar-refractivity contribution in [2.45, 2.75) is 77.7 Å². The maximum atomic E-state index is 13.2. The van der Waals surface area contributed by atoms with Gasteiger partial charge in [0.25, 0.3) is 0 Å². The number of carbonyl (C=O) groups is 1. The second-order valence-electron chi connectivity index (χ2n) is 9.23. The maximum absolute atomic E-state index is 13.2. The molecule has 4 rings (SSSR count). The summed E-state index contributed by atoms with van der Waals surface area (Å²) >= 11 is 6.25. The van der Waals surface area contributed by atoms with E-state index in [0.717, 1.165) is 42.3 Å². The van der Waals surface area contributed by atoms with Crippen molar-refractivity contribution in [1.29, 1.82) is 0 Å². The number of amides is 1. The highest BCUT2D eigenvalue weighted by molar-refractivity contribution is 6.31. The van der Waals surface area contributed by atoms with Crippen LogP contribution < -0.4 is 0 Å². The Hall–Kier alpha value is -1.48. The number of hydrogen-bond acceptors (Lipinski definition) is 1. The Morgan fingerprint density at radius 1 is 1.25 bits per heavy atom. The third kappa shape index (κ3) is 4.10. The molecular weight excluding hydrogens is 368 g/mol. The zero-order chi connectivity index (χ0) is 19.7. The predicted molar refractivity (Wildman–Crippen MR) is 117 cm³/mol. The van der Waals surface area contributed by atoms with Gasteiger partial charge in [-0.1, -0.05) is 57.6 Å². The van der Waals surface area contributed by atoms with Gasteiger partial charge in [-0.25, -0.2) is 0 Å². The van der Waals surface area contributed by atoms with Gasteiger partial charge in [-0.05, 0) is 54.9 Å². The van der Waals surface area contributed by atoms with Crippen LogP contribution in [0.1, 0.15) is 82.5 Å². The van der Waals surface area contributed by atoms with Crippen molar-refractivity contribution in [3.8, 4) is 0 Å². The molecule has 2 heterocycles. The molecule has 1 aromatic heterocycles. The third-order valence-electron chi connectivity index (χ3n) is 6.72. The summed E-state index contributed by atoms with van der Waals surface area (Å²) in [5.74, 6) is 1.65. The van der Waals surface area contributed by atoms with E-state index in [2.05, 4.69) is 35.9 Å². The van der Waals surface area contributed by atoms with Gasteiger partial charge in [0.2, 0.25) is 5.91 Å².